The van der Waals surface area contributed by atoms with Crippen molar-refractivity contribution < 1.29 is 9.47 Å². The second kappa shape index (κ2) is 6.99. The molecule has 0 bridgehead atoms. The highest BCUT2D eigenvalue weighted by Gasteiger charge is 2.16. The minimum atomic E-state index is 0.253. The number of benzene rings is 3. The predicted molar refractivity (Wildman–Crippen MR) is 103 cm³/mol. The molecule has 0 spiro atoms. The lowest BCUT2D eigenvalue weighted by Crippen LogP contribution is -2.09. The van der Waals surface area contributed by atoms with Gasteiger partial charge in [-0.2, -0.15) is 5.10 Å². The molecule has 0 saturated heterocycles. The highest BCUT2D eigenvalue weighted by Crippen LogP contribution is 2.36. The fraction of sp³-hybridized carbons (Fsp3) is 0.0500. The SMILES string of the molecule is Brc1cc2c(cc1/C=N/N(c1ccccc1)c1ccccc1)OCO2. The number of halogens is 1. The maximum Gasteiger partial charge on any atom is 0.231 e. The lowest BCUT2D eigenvalue weighted by Gasteiger charge is -2.19. The molecule has 0 aliphatic carbocycles. The number of anilines is 2. The molecule has 4 nitrogen and oxygen atoms in total. The van der Waals surface area contributed by atoms with E-state index in [2.05, 4.69) is 15.9 Å². The average Bonchev–Trinajstić information content (AvgIpc) is 3.11. The van der Waals surface area contributed by atoms with Crippen molar-refractivity contribution in [3.8, 4) is 11.5 Å². The van der Waals surface area contributed by atoms with Gasteiger partial charge >= 0.3 is 0 Å². The summed E-state index contributed by atoms with van der Waals surface area (Å²) in [6.45, 7) is 0.253. The number of ether oxygens (including phenoxy) is 2. The molecule has 0 amide bonds. The number of fused-ring (bicyclic) bond motifs is 1. The van der Waals surface area contributed by atoms with Crippen molar-refractivity contribution in [2.75, 3.05) is 11.8 Å². The molecular weight excluding hydrogens is 380 g/mol. The second-order valence-corrected chi connectivity index (χ2v) is 6.31. The van der Waals surface area contributed by atoms with Crippen molar-refractivity contribution in [3.05, 3.63) is 82.8 Å². The maximum absolute atomic E-state index is 5.45. The third-order valence-electron chi connectivity index (χ3n) is 3.81. The number of hydrogen-bond acceptors (Lipinski definition) is 4. The zero-order chi connectivity index (χ0) is 17.1. The van der Waals surface area contributed by atoms with Gasteiger partial charge in [0.15, 0.2) is 11.5 Å². The van der Waals surface area contributed by atoms with Crippen LogP contribution in [0.5, 0.6) is 11.5 Å². The number of nitrogens with zero attached hydrogens (tertiary/aromatic N) is 2. The van der Waals surface area contributed by atoms with Crippen LogP contribution in [0.15, 0.2) is 82.4 Å². The molecule has 0 fully saturated rings. The summed E-state index contributed by atoms with van der Waals surface area (Å²) in [7, 11) is 0. The van der Waals surface area contributed by atoms with E-state index in [1.165, 1.54) is 0 Å². The van der Waals surface area contributed by atoms with E-state index < -0.39 is 0 Å². The van der Waals surface area contributed by atoms with E-state index in [9.17, 15) is 0 Å². The molecular formula is C20H15BrN2O2. The van der Waals surface area contributed by atoms with Gasteiger partial charge in [0.25, 0.3) is 0 Å². The monoisotopic (exact) mass is 394 g/mol. The minimum absolute atomic E-state index is 0.253. The fourth-order valence-electron chi connectivity index (χ4n) is 2.57. The van der Waals surface area contributed by atoms with Gasteiger partial charge in [0, 0.05) is 10.0 Å². The molecule has 3 aromatic rings. The quantitative estimate of drug-likeness (QED) is 0.441. The van der Waals surface area contributed by atoms with Crippen molar-refractivity contribution in [1.82, 2.24) is 0 Å². The molecule has 0 saturated carbocycles. The first kappa shape index (κ1) is 15.7. The second-order valence-electron chi connectivity index (χ2n) is 5.45. The van der Waals surface area contributed by atoms with Crippen LogP contribution in [0.2, 0.25) is 0 Å². The Bertz CT molecular complexity index is 859. The van der Waals surface area contributed by atoms with E-state index in [1.807, 2.05) is 84.0 Å². The molecule has 124 valence electrons. The number of rotatable bonds is 4. The molecule has 25 heavy (non-hydrogen) atoms. The van der Waals surface area contributed by atoms with E-state index in [0.717, 1.165) is 32.9 Å². The van der Waals surface area contributed by atoms with E-state index in [0.29, 0.717) is 0 Å². The topological polar surface area (TPSA) is 34.1 Å². The van der Waals surface area contributed by atoms with Crippen molar-refractivity contribution in [3.63, 3.8) is 0 Å². The van der Waals surface area contributed by atoms with Crippen LogP contribution in [-0.4, -0.2) is 13.0 Å². The van der Waals surface area contributed by atoms with Crippen LogP contribution in [0.25, 0.3) is 0 Å². The van der Waals surface area contributed by atoms with Crippen LogP contribution in [-0.2, 0) is 0 Å². The van der Waals surface area contributed by atoms with Crippen molar-refractivity contribution >= 4 is 33.5 Å². The number of para-hydroxylation sites is 2. The van der Waals surface area contributed by atoms with Crippen molar-refractivity contribution in [2.24, 2.45) is 5.10 Å². The summed E-state index contributed by atoms with van der Waals surface area (Å²) in [6.07, 6.45) is 1.81. The number of hydrogen-bond donors (Lipinski definition) is 0. The maximum atomic E-state index is 5.45. The summed E-state index contributed by atoms with van der Waals surface area (Å²) in [6, 6.07) is 23.9. The molecule has 0 N–H and O–H groups in total. The first-order valence-corrected chi connectivity index (χ1v) is 8.64. The molecule has 0 atom stereocenters. The molecule has 5 heteroatoms. The smallest absolute Gasteiger partial charge is 0.231 e. The predicted octanol–water partition coefficient (Wildman–Crippen LogP) is 5.35. The zero-order valence-electron chi connectivity index (χ0n) is 13.3. The standard InChI is InChI=1S/C20H15BrN2O2/c21-18-12-20-19(24-14-25-20)11-15(18)13-22-23(16-7-3-1-4-8-16)17-9-5-2-6-10-17/h1-13H,14H2/b22-13+. The molecule has 0 aromatic heterocycles. The molecule has 0 unspecified atom stereocenters. The van der Waals surface area contributed by atoms with Gasteiger partial charge in [-0.1, -0.05) is 36.4 Å². The Labute approximate surface area is 154 Å². The first-order chi connectivity index (χ1) is 12.3. The number of hydrazone groups is 1. The first-order valence-electron chi connectivity index (χ1n) is 7.84. The van der Waals surface area contributed by atoms with E-state index in [4.69, 9.17) is 14.6 Å². The Hall–Kier alpha value is -2.79. The Balaban J connectivity index is 1.71. The molecule has 1 aliphatic rings. The third kappa shape index (κ3) is 3.37. The Morgan fingerprint density at radius 1 is 0.840 bits per heavy atom. The van der Waals surface area contributed by atoms with Crippen LogP contribution in [0.3, 0.4) is 0 Å². The average molecular weight is 395 g/mol. The molecule has 1 heterocycles. The molecule has 1 aliphatic heterocycles. The van der Waals surface area contributed by atoms with E-state index >= 15 is 0 Å². The summed E-state index contributed by atoms with van der Waals surface area (Å²) in [5.41, 5.74) is 2.89. The van der Waals surface area contributed by atoms with Gasteiger partial charge in [0.1, 0.15) is 0 Å². The lowest BCUT2D eigenvalue weighted by molar-refractivity contribution is 0.174. The summed E-state index contributed by atoms with van der Waals surface area (Å²) >= 11 is 3.57. The largest absolute Gasteiger partial charge is 0.454 e. The van der Waals surface area contributed by atoms with E-state index in [1.54, 1.807) is 0 Å². The zero-order valence-corrected chi connectivity index (χ0v) is 14.9. The Morgan fingerprint density at radius 2 is 1.40 bits per heavy atom. The van der Waals surface area contributed by atoms with Crippen molar-refractivity contribution in [2.45, 2.75) is 0 Å². The summed E-state index contributed by atoms with van der Waals surface area (Å²) < 4.78 is 11.7. The third-order valence-corrected chi connectivity index (χ3v) is 4.49. The van der Waals surface area contributed by atoms with Crippen LogP contribution in [0, 0.1) is 0 Å². The Kier molecular flexibility index (Phi) is 4.39. The minimum Gasteiger partial charge on any atom is -0.454 e. The summed E-state index contributed by atoms with van der Waals surface area (Å²) in [5, 5.41) is 6.60. The molecule has 0 radical (unpaired) electrons. The van der Waals surface area contributed by atoms with Crippen LogP contribution >= 0.6 is 15.9 Å². The summed E-state index contributed by atoms with van der Waals surface area (Å²) in [4.78, 5) is 0. The van der Waals surface area contributed by atoms with Gasteiger partial charge in [-0.3, -0.25) is 0 Å². The van der Waals surface area contributed by atoms with Crippen LogP contribution in [0.1, 0.15) is 5.56 Å². The van der Waals surface area contributed by atoms with Gasteiger partial charge < -0.3 is 9.47 Å². The van der Waals surface area contributed by atoms with Gasteiger partial charge in [-0.15, -0.1) is 0 Å². The van der Waals surface area contributed by atoms with Crippen molar-refractivity contribution in [1.29, 1.82) is 0 Å². The highest BCUT2D eigenvalue weighted by molar-refractivity contribution is 9.10. The lowest BCUT2D eigenvalue weighted by atomic mass is 10.2. The molecule has 4 rings (SSSR count). The normalized spacial score (nSPS) is 12.5. The van der Waals surface area contributed by atoms with E-state index in [-0.39, 0.29) is 6.79 Å². The van der Waals surface area contributed by atoms with Gasteiger partial charge in [0.2, 0.25) is 6.79 Å². The van der Waals surface area contributed by atoms with Crippen LogP contribution < -0.4 is 14.5 Å². The Morgan fingerprint density at radius 3 is 2.00 bits per heavy atom. The van der Waals surface area contributed by atoms with Gasteiger partial charge in [-0.25, -0.2) is 5.01 Å². The molecule has 3 aromatic carbocycles. The van der Waals surface area contributed by atoms with Gasteiger partial charge in [-0.05, 0) is 52.3 Å². The highest BCUT2D eigenvalue weighted by atomic mass is 79.9. The van der Waals surface area contributed by atoms with Gasteiger partial charge in [0.05, 0.1) is 17.6 Å². The van der Waals surface area contributed by atoms with Crippen LogP contribution in [0.4, 0.5) is 11.4 Å². The summed E-state index contributed by atoms with van der Waals surface area (Å²) in [5.74, 6) is 1.47. The fourth-order valence-corrected chi connectivity index (χ4v) is 3.00.